The number of carbonyl (C=O) groups is 2. The summed E-state index contributed by atoms with van der Waals surface area (Å²) in [7, 11) is 0. The maximum absolute atomic E-state index is 11.0. The largest absolute Gasteiger partial charge is 0.424 e. The molecule has 1 N–H and O–H groups in total. The second-order valence-corrected chi connectivity index (χ2v) is 4.13. The van der Waals surface area contributed by atoms with Gasteiger partial charge in [0, 0.05) is 19.2 Å². The Bertz CT molecular complexity index is 638. The molecule has 0 saturated carbocycles. The monoisotopic (exact) mass is 258 g/mol. The first kappa shape index (κ1) is 13.0. The third-order valence-electron chi connectivity index (χ3n) is 2.51. The van der Waals surface area contributed by atoms with E-state index in [1.165, 1.54) is 13.8 Å². The molecule has 1 heterocycles. The van der Waals surface area contributed by atoms with Crippen LogP contribution in [0.5, 0.6) is 5.75 Å². The van der Waals surface area contributed by atoms with E-state index in [2.05, 4.69) is 10.3 Å². The number of rotatable bonds is 3. The van der Waals surface area contributed by atoms with Crippen molar-refractivity contribution < 1.29 is 14.3 Å². The number of para-hydroxylation sites is 1. The summed E-state index contributed by atoms with van der Waals surface area (Å²) in [6, 6.07) is 9.09. The number of aromatic nitrogens is 1. The Morgan fingerprint density at radius 3 is 2.68 bits per heavy atom. The van der Waals surface area contributed by atoms with Crippen LogP contribution in [0.3, 0.4) is 0 Å². The molecule has 1 amide bonds. The van der Waals surface area contributed by atoms with Crippen LogP contribution in [-0.4, -0.2) is 16.9 Å². The van der Waals surface area contributed by atoms with Gasteiger partial charge in [-0.05, 0) is 12.1 Å². The zero-order chi connectivity index (χ0) is 13.8. The average molecular weight is 258 g/mol. The van der Waals surface area contributed by atoms with Crippen LogP contribution >= 0.6 is 0 Å². The minimum Gasteiger partial charge on any atom is -0.424 e. The van der Waals surface area contributed by atoms with Crippen molar-refractivity contribution in [3.8, 4) is 5.75 Å². The molecule has 0 atom stereocenters. The zero-order valence-electron chi connectivity index (χ0n) is 10.8. The summed E-state index contributed by atoms with van der Waals surface area (Å²) < 4.78 is 5.12. The molecule has 0 fully saturated rings. The van der Waals surface area contributed by atoms with Crippen molar-refractivity contribution in [3.05, 3.63) is 36.0 Å². The van der Waals surface area contributed by atoms with E-state index in [1.807, 2.05) is 18.2 Å². The summed E-state index contributed by atoms with van der Waals surface area (Å²) >= 11 is 0. The lowest BCUT2D eigenvalue weighted by Crippen LogP contribution is -2.19. The second kappa shape index (κ2) is 5.48. The standard InChI is InChI=1S/C14H14N2O3/c1-9(17)15-8-12-7-6-11-4-3-5-13(14(11)16-12)19-10(2)18/h3-7H,8H2,1-2H3,(H,15,17). The molecule has 0 aliphatic carbocycles. The van der Waals surface area contributed by atoms with Crippen LogP contribution in [0.25, 0.3) is 10.9 Å². The highest BCUT2D eigenvalue weighted by Gasteiger charge is 2.07. The number of hydrogen-bond donors (Lipinski definition) is 1. The van der Waals surface area contributed by atoms with Crippen molar-refractivity contribution in [3.63, 3.8) is 0 Å². The van der Waals surface area contributed by atoms with Gasteiger partial charge in [0.25, 0.3) is 0 Å². The maximum Gasteiger partial charge on any atom is 0.308 e. The van der Waals surface area contributed by atoms with E-state index in [9.17, 15) is 9.59 Å². The number of fused-ring (bicyclic) bond motifs is 1. The number of ether oxygens (including phenoxy) is 1. The number of hydrogen-bond acceptors (Lipinski definition) is 4. The Balaban J connectivity index is 2.38. The molecule has 2 aromatic rings. The van der Waals surface area contributed by atoms with E-state index in [0.717, 1.165) is 5.39 Å². The molecule has 0 saturated heterocycles. The summed E-state index contributed by atoms with van der Waals surface area (Å²) in [6.45, 7) is 3.14. The normalized spacial score (nSPS) is 10.2. The van der Waals surface area contributed by atoms with Crippen molar-refractivity contribution in [2.24, 2.45) is 0 Å². The van der Waals surface area contributed by atoms with Gasteiger partial charge >= 0.3 is 5.97 Å². The molecule has 5 nitrogen and oxygen atoms in total. The Morgan fingerprint density at radius 2 is 2.00 bits per heavy atom. The minimum atomic E-state index is -0.387. The summed E-state index contributed by atoms with van der Waals surface area (Å²) in [5.41, 5.74) is 1.32. The van der Waals surface area contributed by atoms with E-state index in [1.54, 1.807) is 12.1 Å². The van der Waals surface area contributed by atoms with E-state index >= 15 is 0 Å². The van der Waals surface area contributed by atoms with Crippen molar-refractivity contribution in [2.45, 2.75) is 20.4 Å². The smallest absolute Gasteiger partial charge is 0.308 e. The molecule has 1 aromatic heterocycles. The number of carbonyl (C=O) groups excluding carboxylic acids is 2. The molecule has 0 aliphatic heterocycles. The minimum absolute atomic E-state index is 0.116. The van der Waals surface area contributed by atoms with E-state index in [-0.39, 0.29) is 11.9 Å². The van der Waals surface area contributed by atoms with Gasteiger partial charge in [0.1, 0.15) is 5.52 Å². The van der Waals surface area contributed by atoms with Crippen LogP contribution < -0.4 is 10.1 Å². The molecule has 5 heteroatoms. The van der Waals surface area contributed by atoms with E-state index < -0.39 is 0 Å². The van der Waals surface area contributed by atoms with Crippen molar-refractivity contribution >= 4 is 22.8 Å². The summed E-state index contributed by atoms with van der Waals surface area (Å²) in [5.74, 6) is -0.0774. The summed E-state index contributed by atoms with van der Waals surface area (Å²) in [4.78, 5) is 26.3. The third-order valence-corrected chi connectivity index (χ3v) is 2.51. The quantitative estimate of drug-likeness (QED) is 0.673. The van der Waals surface area contributed by atoms with Gasteiger partial charge in [0.15, 0.2) is 5.75 Å². The fourth-order valence-electron chi connectivity index (χ4n) is 1.71. The number of benzene rings is 1. The predicted octanol–water partition coefficient (Wildman–Crippen LogP) is 1.80. The Morgan fingerprint density at radius 1 is 1.21 bits per heavy atom. The fraction of sp³-hybridized carbons (Fsp3) is 0.214. The van der Waals surface area contributed by atoms with Gasteiger partial charge in [-0.3, -0.25) is 9.59 Å². The van der Waals surface area contributed by atoms with Gasteiger partial charge in [-0.1, -0.05) is 18.2 Å². The molecule has 2 rings (SSSR count). The van der Waals surface area contributed by atoms with Gasteiger partial charge in [-0.15, -0.1) is 0 Å². The van der Waals surface area contributed by atoms with Crippen LogP contribution in [-0.2, 0) is 16.1 Å². The van der Waals surface area contributed by atoms with Crippen LogP contribution in [0.2, 0.25) is 0 Å². The average Bonchev–Trinajstić information content (AvgIpc) is 2.36. The fourth-order valence-corrected chi connectivity index (χ4v) is 1.71. The molecule has 0 radical (unpaired) electrons. The summed E-state index contributed by atoms with van der Waals surface area (Å²) in [6.07, 6.45) is 0. The topological polar surface area (TPSA) is 68.3 Å². The van der Waals surface area contributed by atoms with Gasteiger partial charge in [0.05, 0.1) is 12.2 Å². The van der Waals surface area contributed by atoms with E-state index in [0.29, 0.717) is 23.5 Å². The molecule has 1 aromatic carbocycles. The molecular weight excluding hydrogens is 244 g/mol. The number of pyridine rings is 1. The lowest BCUT2D eigenvalue weighted by molar-refractivity contribution is -0.131. The molecule has 0 spiro atoms. The van der Waals surface area contributed by atoms with Crippen molar-refractivity contribution in [1.82, 2.24) is 10.3 Å². The lowest BCUT2D eigenvalue weighted by atomic mass is 10.2. The molecule has 0 unspecified atom stereocenters. The molecule has 98 valence electrons. The second-order valence-electron chi connectivity index (χ2n) is 4.13. The van der Waals surface area contributed by atoms with Crippen LogP contribution in [0, 0.1) is 0 Å². The first-order chi connectivity index (χ1) is 9.06. The molecule has 0 bridgehead atoms. The number of esters is 1. The Kier molecular flexibility index (Phi) is 3.75. The Labute approximate surface area is 110 Å². The van der Waals surface area contributed by atoms with Gasteiger partial charge in [-0.2, -0.15) is 0 Å². The number of nitrogens with one attached hydrogen (secondary N) is 1. The zero-order valence-corrected chi connectivity index (χ0v) is 10.8. The third kappa shape index (κ3) is 3.28. The van der Waals surface area contributed by atoms with Crippen LogP contribution in [0.15, 0.2) is 30.3 Å². The highest BCUT2D eigenvalue weighted by Crippen LogP contribution is 2.24. The van der Waals surface area contributed by atoms with Crippen molar-refractivity contribution in [2.75, 3.05) is 0 Å². The highest BCUT2D eigenvalue weighted by molar-refractivity contribution is 5.87. The predicted molar refractivity (Wildman–Crippen MR) is 70.6 cm³/mol. The Hall–Kier alpha value is -2.43. The molecular formula is C14H14N2O3. The molecule has 0 aliphatic rings. The van der Waals surface area contributed by atoms with Gasteiger partial charge in [0.2, 0.25) is 5.91 Å². The van der Waals surface area contributed by atoms with Crippen LogP contribution in [0.4, 0.5) is 0 Å². The van der Waals surface area contributed by atoms with Gasteiger partial charge < -0.3 is 10.1 Å². The first-order valence-corrected chi connectivity index (χ1v) is 5.88. The van der Waals surface area contributed by atoms with Gasteiger partial charge in [-0.25, -0.2) is 4.98 Å². The van der Waals surface area contributed by atoms with E-state index in [4.69, 9.17) is 4.74 Å². The maximum atomic E-state index is 11.0. The summed E-state index contributed by atoms with van der Waals surface area (Å²) in [5, 5.41) is 3.56. The number of amides is 1. The highest BCUT2D eigenvalue weighted by atomic mass is 16.5. The number of nitrogens with zero attached hydrogens (tertiary/aromatic N) is 1. The molecule has 19 heavy (non-hydrogen) atoms. The lowest BCUT2D eigenvalue weighted by Gasteiger charge is -2.07. The van der Waals surface area contributed by atoms with Crippen LogP contribution in [0.1, 0.15) is 19.5 Å². The first-order valence-electron chi connectivity index (χ1n) is 5.88. The van der Waals surface area contributed by atoms with Crippen molar-refractivity contribution in [1.29, 1.82) is 0 Å². The SMILES string of the molecule is CC(=O)NCc1ccc2cccc(OC(C)=O)c2n1.